The molecule has 0 aliphatic carbocycles. The fraction of sp³-hybridized carbons (Fsp3) is 0.450. The van der Waals surface area contributed by atoms with E-state index in [4.69, 9.17) is 20.2 Å². The van der Waals surface area contributed by atoms with Crippen molar-refractivity contribution in [3.8, 4) is 11.7 Å². The lowest BCUT2D eigenvalue weighted by Crippen LogP contribution is -2.52. The minimum Gasteiger partial charge on any atom is -0.484 e. The van der Waals surface area contributed by atoms with E-state index in [1.54, 1.807) is 30.6 Å². The molecule has 0 saturated carbocycles. The van der Waals surface area contributed by atoms with Crippen LogP contribution in [0.15, 0.2) is 13.2 Å². The maximum Gasteiger partial charge on any atom is 0.363 e. The Kier molecular flexibility index (Phi) is 5.05. The van der Waals surface area contributed by atoms with Gasteiger partial charge in [-0.1, -0.05) is 13.2 Å². The molecule has 31 heavy (non-hydrogen) atoms. The Labute approximate surface area is 181 Å². The molecule has 2 aliphatic rings. The molecule has 0 bridgehead atoms. The molecule has 0 radical (unpaired) electrons. The summed E-state index contributed by atoms with van der Waals surface area (Å²) in [5, 5.41) is 0. The third-order valence-electron chi connectivity index (χ3n) is 5.87. The van der Waals surface area contributed by atoms with Crippen molar-refractivity contribution in [2.45, 2.75) is 24.6 Å². The molecule has 1 atom stereocenters. The second-order valence-corrected chi connectivity index (χ2v) is 10.7. The van der Waals surface area contributed by atoms with Crippen LogP contribution in [0.5, 0.6) is 5.75 Å². The summed E-state index contributed by atoms with van der Waals surface area (Å²) in [6.07, 6.45) is 4.41. The molecule has 0 spiro atoms. The van der Waals surface area contributed by atoms with Crippen molar-refractivity contribution in [2.24, 2.45) is 0 Å². The highest BCUT2D eigenvalue weighted by molar-refractivity contribution is 7.91. The largest absolute Gasteiger partial charge is 0.484 e. The maximum atomic E-state index is 12.7. The van der Waals surface area contributed by atoms with Gasteiger partial charge in [-0.05, 0) is 26.0 Å². The lowest BCUT2D eigenvalue weighted by atomic mass is 10.1. The van der Waals surface area contributed by atoms with Crippen LogP contribution in [0.3, 0.4) is 0 Å². The highest BCUT2D eigenvalue weighted by Gasteiger charge is 2.45. The van der Waals surface area contributed by atoms with Crippen LogP contribution in [0, 0.1) is 0 Å². The average molecular weight is 448 g/mol. The summed E-state index contributed by atoms with van der Waals surface area (Å²) >= 11 is 0. The van der Waals surface area contributed by atoms with E-state index in [-0.39, 0.29) is 23.6 Å². The predicted molar refractivity (Wildman–Crippen MR) is 118 cm³/mol. The quantitative estimate of drug-likeness (QED) is 0.645. The van der Waals surface area contributed by atoms with Crippen molar-refractivity contribution in [1.82, 2.24) is 15.0 Å². The van der Waals surface area contributed by atoms with Gasteiger partial charge in [0.15, 0.2) is 15.5 Å². The summed E-state index contributed by atoms with van der Waals surface area (Å²) in [5.74, 6) is 1.39. The van der Waals surface area contributed by atoms with E-state index >= 15 is 0 Å². The number of sulfone groups is 1. The minimum absolute atomic E-state index is 0.0191. The number of hydrogen-bond donors (Lipinski definition) is 2. The van der Waals surface area contributed by atoms with Crippen LogP contribution in [0.1, 0.15) is 30.9 Å². The molecule has 2 aromatic heterocycles. The molecule has 3 N–H and O–H groups in total. The average Bonchev–Trinajstić information content (AvgIpc) is 3.07. The Morgan fingerprint density at radius 3 is 2.68 bits per heavy atom. The molecule has 1 saturated heterocycles. The second-order valence-electron chi connectivity index (χ2n) is 8.09. The Balaban J connectivity index is 2.03. The van der Waals surface area contributed by atoms with E-state index in [0.717, 1.165) is 0 Å². The first-order valence-electron chi connectivity index (χ1n) is 9.88. The SMILES string of the molecule is C=Cc1[nH]c(N)[n+](-c2nc3c(c(C(C)(C)S(C)(=O)=O)n2)OCC2COCCN32)c1C=C. The number of nitrogen functional groups attached to an aromatic ring is 1. The Morgan fingerprint density at radius 1 is 1.29 bits per heavy atom. The van der Waals surface area contributed by atoms with Gasteiger partial charge in [0.2, 0.25) is 11.6 Å². The summed E-state index contributed by atoms with van der Waals surface area (Å²) < 4.78 is 37.2. The standard InChI is InChI=1S/C20H26N6O4S/c1-6-13-14(7-2)26(18(21)22-13)19-23-16(20(3,4)31(5,27)28)15-17(24-19)25-8-9-29-10-12(25)11-30-15/h6-7,12H,1-2,8-11H2,3-5H3,(H2,21,22)/p+1. The van der Waals surface area contributed by atoms with Gasteiger partial charge in [0.25, 0.3) is 5.95 Å². The van der Waals surface area contributed by atoms with E-state index in [0.29, 0.717) is 49.3 Å². The molecule has 1 unspecified atom stereocenters. The van der Waals surface area contributed by atoms with E-state index in [1.807, 2.05) is 0 Å². The number of H-pyrrole nitrogens is 1. The molecule has 2 aliphatic heterocycles. The topological polar surface area (TPSA) is 127 Å². The van der Waals surface area contributed by atoms with Gasteiger partial charge in [0.05, 0.1) is 19.3 Å². The van der Waals surface area contributed by atoms with Gasteiger partial charge in [0, 0.05) is 12.8 Å². The van der Waals surface area contributed by atoms with E-state index in [1.165, 1.54) is 6.26 Å². The number of aromatic nitrogens is 4. The molecule has 1 fully saturated rings. The van der Waals surface area contributed by atoms with Gasteiger partial charge in [0.1, 0.15) is 22.7 Å². The van der Waals surface area contributed by atoms with Gasteiger partial charge in [-0.25, -0.2) is 8.42 Å². The van der Waals surface area contributed by atoms with Crippen LogP contribution in [-0.2, 0) is 19.3 Å². The highest BCUT2D eigenvalue weighted by Crippen LogP contribution is 2.42. The number of morpholine rings is 1. The molecule has 0 aromatic carbocycles. The van der Waals surface area contributed by atoms with Crippen LogP contribution < -0.4 is 19.9 Å². The predicted octanol–water partition coefficient (Wildman–Crippen LogP) is 0.827. The monoisotopic (exact) mass is 447 g/mol. The number of nitrogens with two attached hydrogens (primary N) is 1. The zero-order valence-corrected chi connectivity index (χ0v) is 18.7. The lowest BCUT2D eigenvalue weighted by Gasteiger charge is -2.40. The smallest absolute Gasteiger partial charge is 0.363 e. The second kappa shape index (κ2) is 7.34. The van der Waals surface area contributed by atoms with E-state index in [2.05, 4.69) is 28.0 Å². The summed E-state index contributed by atoms with van der Waals surface area (Å²) in [4.78, 5) is 14.5. The fourth-order valence-electron chi connectivity index (χ4n) is 3.77. The summed E-state index contributed by atoms with van der Waals surface area (Å²) in [5.41, 5.74) is 7.78. The first kappa shape index (κ1) is 21.3. The van der Waals surface area contributed by atoms with Crippen molar-refractivity contribution in [3.05, 3.63) is 30.2 Å². The number of hydrogen-bond acceptors (Lipinski definition) is 8. The van der Waals surface area contributed by atoms with Crippen molar-refractivity contribution in [2.75, 3.05) is 43.3 Å². The number of imidazole rings is 1. The Bertz CT molecular complexity index is 1170. The molecule has 4 rings (SSSR count). The molecule has 10 nitrogen and oxygen atoms in total. The number of nitrogens with one attached hydrogen (secondary N) is 1. The highest BCUT2D eigenvalue weighted by atomic mass is 32.2. The maximum absolute atomic E-state index is 12.7. The molecule has 11 heteroatoms. The van der Waals surface area contributed by atoms with Crippen LogP contribution in [-0.4, -0.2) is 62.0 Å². The van der Waals surface area contributed by atoms with Gasteiger partial charge in [-0.15, -0.1) is 9.97 Å². The minimum atomic E-state index is -3.54. The summed E-state index contributed by atoms with van der Waals surface area (Å²) in [6, 6.07) is -0.0191. The number of aromatic amines is 1. The molecule has 166 valence electrons. The Morgan fingerprint density at radius 2 is 2.03 bits per heavy atom. The third kappa shape index (κ3) is 3.28. The van der Waals surface area contributed by atoms with Crippen LogP contribution in [0.2, 0.25) is 0 Å². The third-order valence-corrected chi connectivity index (χ3v) is 7.92. The van der Waals surface area contributed by atoms with Gasteiger partial charge >= 0.3 is 5.95 Å². The number of ether oxygens (including phenoxy) is 2. The number of fused-ring (bicyclic) bond motifs is 3. The van der Waals surface area contributed by atoms with Crippen molar-refractivity contribution in [1.29, 1.82) is 0 Å². The number of anilines is 2. The Hall–Kier alpha value is -2.92. The van der Waals surface area contributed by atoms with Gasteiger partial charge < -0.3 is 20.1 Å². The molecule has 4 heterocycles. The normalized spacial score (nSPS) is 18.7. The molecular weight excluding hydrogens is 420 g/mol. The van der Waals surface area contributed by atoms with Crippen molar-refractivity contribution < 1.29 is 22.5 Å². The van der Waals surface area contributed by atoms with Crippen LogP contribution >= 0.6 is 0 Å². The first-order chi connectivity index (χ1) is 14.6. The van der Waals surface area contributed by atoms with Crippen molar-refractivity contribution in [3.63, 3.8) is 0 Å². The van der Waals surface area contributed by atoms with E-state index in [9.17, 15) is 8.42 Å². The zero-order valence-electron chi connectivity index (χ0n) is 17.9. The molecular formula is C20H27N6O4S+. The van der Waals surface area contributed by atoms with Gasteiger partial charge in [-0.2, -0.15) is 4.57 Å². The zero-order chi connectivity index (χ0) is 22.6. The summed E-state index contributed by atoms with van der Waals surface area (Å²) in [6.45, 7) is 12.9. The molecule has 2 aromatic rings. The first-order valence-corrected chi connectivity index (χ1v) is 11.8. The number of rotatable bonds is 5. The number of nitrogens with zero attached hydrogens (tertiary/aromatic N) is 4. The van der Waals surface area contributed by atoms with Gasteiger partial charge in [-0.3, -0.25) is 4.98 Å². The molecule has 0 amide bonds. The van der Waals surface area contributed by atoms with E-state index < -0.39 is 14.6 Å². The fourth-order valence-corrected chi connectivity index (χ4v) is 4.26. The lowest BCUT2D eigenvalue weighted by molar-refractivity contribution is -0.588. The van der Waals surface area contributed by atoms with Crippen molar-refractivity contribution >= 4 is 33.8 Å². The summed E-state index contributed by atoms with van der Waals surface area (Å²) in [7, 11) is -3.54. The van der Waals surface area contributed by atoms with Crippen LogP contribution in [0.4, 0.5) is 11.8 Å². The van der Waals surface area contributed by atoms with Crippen LogP contribution in [0.25, 0.3) is 18.1 Å².